The van der Waals surface area contributed by atoms with Crippen LogP contribution in [0.15, 0.2) is 12.2 Å². The van der Waals surface area contributed by atoms with Gasteiger partial charge in [0.25, 0.3) is 0 Å². The topological polar surface area (TPSA) is 86.6 Å². The number of hydrogen-bond acceptors (Lipinski definition) is 3. The molecule has 0 aliphatic heterocycles. The second kappa shape index (κ2) is 4.45. The van der Waals surface area contributed by atoms with E-state index in [-0.39, 0.29) is 0 Å². The van der Waals surface area contributed by atoms with Gasteiger partial charge in [0.2, 0.25) is 12.1 Å². The van der Waals surface area contributed by atoms with Crippen molar-refractivity contribution in [3.05, 3.63) is 12.2 Å². The van der Waals surface area contributed by atoms with Gasteiger partial charge >= 0.3 is 5.97 Å². The summed E-state index contributed by atoms with van der Waals surface area (Å²) in [6.45, 7) is 1.60. The number of carbonyl (C=O) groups is 2. The lowest BCUT2D eigenvalue weighted by Gasteiger charge is -2.04. The number of carboxylic acids is 1. The Morgan fingerprint density at radius 1 is 1.55 bits per heavy atom. The average molecular weight is 159 g/mol. The van der Waals surface area contributed by atoms with Crippen molar-refractivity contribution in [3.8, 4) is 0 Å². The Bertz CT molecular complexity index is 187. The van der Waals surface area contributed by atoms with Crippen molar-refractivity contribution in [2.24, 2.45) is 0 Å². The van der Waals surface area contributed by atoms with Crippen molar-refractivity contribution in [1.29, 1.82) is 0 Å². The molecule has 0 radical (unpaired) electrons. The van der Waals surface area contributed by atoms with E-state index < -0.39 is 18.1 Å². The summed E-state index contributed by atoms with van der Waals surface area (Å²) in [5.74, 6) is -2.12. The Morgan fingerprint density at radius 2 is 2.09 bits per heavy atom. The van der Waals surface area contributed by atoms with Crippen molar-refractivity contribution < 1.29 is 19.8 Å². The molecule has 0 rings (SSSR count). The number of amides is 1. The summed E-state index contributed by atoms with van der Waals surface area (Å²) in [5.41, 5.74) is 0. The normalized spacial score (nSPS) is 12.9. The molecule has 0 aromatic rings. The minimum atomic E-state index is -1.83. The third kappa shape index (κ3) is 4.10. The number of aliphatic hydroxyl groups excluding tert-OH is 1. The number of aliphatic carboxylic acids is 1. The van der Waals surface area contributed by atoms with Gasteiger partial charge in [-0.05, 0) is 13.0 Å². The van der Waals surface area contributed by atoms with E-state index in [4.69, 9.17) is 10.2 Å². The number of aliphatic hydroxyl groups is 1. The summed E-state index contributed by atoms with van der Waals surface area (Å²) in [5, 5.41) is 18.5. The SMILES string of the molecule is CC=CC(=O)NC(O)C(=O)O. The highest BCUT2D eigenvalue weighted by Gasteiger charge is 2.13. The third-order valence-electron chi connectivity index (χ3n) is 0.831. The summed E-state index contributed by atoms with van der Waals surface area (Å²) in [4.78, 5) is 20.5. The number of carboxylic acid groups (broad SMARTS) is 1. The maximum absolute atomic E-state index is 10.5. The summed E-state index contributed by atoms with van der Waals surface area (Å²) < 4.78 is 0. The standard InChI is InChI=1S/C6H9NO4/c1-2-3-4(8)7-5(9)6(10)11/h2-3,5,9H,1H3,(H,7,8)(H,10,11). The number of rotatable bonds is 3. The Kier molecular flexibility index (Phi) is 3.90. The second-order valence-corrected chi connectivity index (χ2v) is 1.75. The monoisotopic (exact) mass is 159 g/mol. The van der Waals surface area contributed by atoms with Gasteiger partial charge in [-0.15, -0.1) is 0 Å². The maximum Gasteiger partial charge on any atom is 0.353 e. The zero-order chi connectivity index (χ0) is 8.85. The molecule has 0 aliphatic rings. The third-order valence-corrected chi connectivity index (χ3v) is 0.831. The fraction of sp³-hybridized carbons (Fsp3) is 0.333. The Balaban J connectivity index is 3.85. The van der Waals surface area contributed by atoms with Crippen LogP contribution in [-0.2, 0) is 9.59 Å². The molecule has 5 nitrogen and oxygen atoms in total. The van der Waals surface area contributed by atoms with Crippen LogP contribution in [0, 0.1) is 0 Å². The van der Waals surface area contributed by atoms with Crippen LogP contribution < -0.4 is 5.32 Å². The largest absolute Gasteiger partial charge is 0.478 e. The summed E-state index contributed by atoms with van der Waals surface area (Å²) in [7, 11) is 0. The molecule has 0 spiro atoms. The first-order valence-electron chi connectivity index (χ1n) is 2.92. The van der Waals surface area contributed by atoms with Crippen LogP contribution in [0.4, 0.5) is 0 Å². The van der Waals surface area contributed by atoms with E-state index in [0.717, 1.165) is 6.08 Å². The highest BCUT2D eigenvalue weighted by atomic mass is 16.4. The van der Waals surface area contributed by atoms with Crippen LogP contribution in [0.5, 0.6) is 0 Å². The number of allylic oxidation sites excluding steroid dienone is 1. The molecule has 0 saturated carbocycles. The van der Waals surface area contributed by atoms with Crippen molar-refractivity contribution in [2.75, 3.05) is 0 Å². The molecular formula is C6H9NO4. The van der Waals surface area contributed by atoms with Gasteiger partial charge < -0.3 is 15.5 Å². The summed E-state index contributed by atoms with van der Waals surface area (Å²) in [6, 6.07) is 0. The van der Waals surface area contributed by atoms with Gasteiger partial charge in [0.05, 0.1) is 0 Å². The molecule has 5 heteroatoms. The minimum Gasteiger partial charge on any atom is -0.478 e. The van der Waals surface area contributed by atoms with E-state index in [9.17, 15) is 9.59 Å². The van der Waals surface area contributed by atoms with E-state index in [1.54, 1.807) is 6.92 Å². The van der Waals surface area contributed by atoms with E-state index >= 15 is 0 Å². The van der Waals surface area contributed by atoms with Crippen molar-refractivity contribution in [3.63, 3.8) is 0 Å². The van der Waals surface area contributed by atoms with Gasteiger partial charge in [0, 0.05) is 0 Å². The Morgan fingerprint density at radius 3 is 2.45 bits per heavy atom. The summed E-state index contributed by atoms with van der Waals surface area (Å²) in [6.07, 6.45) is 0.717. The molecular weight excluding hydrogens is 150 g/mol. The van der Waals surface area contributed by atoms with Crippen LogP contribution in [-0.4, -0.2) is 28.3 Å². The van der Waals surface area contributed by atoms with Crippen molar-refractivity contribution in [1.82, 2.24) is 5.32 Å². The van der Waals surface area contributed by atoms with Gasteiger partial charge in [0.1, 0.15) is 0 Å². The molecule has 0 fully saturated rings. The quantitative estimate of drug-likeness (QED) is 0.367. The van der Waals surface area contributed by atoms with Crippen LogP contribution in [0.25, 0.3) is 0 Å². The molecule has 0 saturated heterocycles. The predicted octanol–water partition coefficient (Wildman–Crippen LogP) is -0.918. The van der Waals surface area contributed by atoms with Crippen molar-refractivity contribution in [2.45, 2.75) is 13.2 Å². The lowest BCUT2D eigenvalue weighted by molar-refractivity contribution is -0.150. The first kappa shape index (κ1) is 9.64. The van der Waals surface area contributed by atoms with Gasteiger partial charge in [-0.2, -0.15) is 0 Å². The number of nitrogens with one attached hydrogen (secondary N) is 1. The zero-order valence-corrected chi connectivity index (χ0v) is 5.94. The highest BCUT2D eigenvalue weighted by molar-refractivity contribution is 5.90. The smallest absolute Gasteiger partial charge is 0.353 e. The first-order chi connectivity index (χ1) is 5.07. The fourth-order valence-corrected chi connectivity index (χ4v) is 0.396. The van der Waals surface area contributed by atoms with Gasteiger partial charge in [-0.3, -0.25) is 4.79 Å². The molecule has 0 heterocycles. The van der Waals surface area contributed by atoms with Crippen LogP contribution in [0.1, 0.15) is 6.92 Å². The molecule has 3 N–H and O–H groups in total. The Labute approximate surface area is 63.3 Å². The van der Waals surface area contributed by atoms with Gasteiger partial charge in [-0.25, -0.2) is 4.79 Å². The first-order valence-corrected chi connectivity index (χ1v) is 2.92. The highest BCUT2D eigenvalue weighted by Crippen LogP contribution is 1.78. The number of hydrogen-bond donors (Lipinski definition) is 3. The molecule has 0 aromatic heterocycles. The fourth-order valence-electron chi connectivity index (χ4n) is 0.396. The van der Waals surface area contributed by atoms with Crippen LogP contribution >= 0.6 is 0 Å². The van der Waals surface area contributed by atoms with E-state index in [1.165, 1.54) is 6.08 Å². The molecule has 1 amide bonds. The van der Waals surface area contributed by atoms with E-state index in [2.05, 4.69) is 0 Å². The molecule has 0 aromatic carbocycles. The average Bonchev–Trinajstić information content (AvgIpc) is 1.87. The predicted molar refractivity (Wildman–Crippen MR) is 36.6 cm³/mol. The molecule has 0 bridgehead atoms. The van der Waals surface area contributed by atoms with Gasteiger partial charge in [-0.1, -0.05) is 6.08 Å². The molecule has 62 valence electrons. The zero-order valence-electron chi connectivity index (χ0n) is 5.94. The number of carbonyl (C=O) groups excluding carboxylic acids is 1. The summed E-state index contributed by atoms with van der Waals surface area (Å²) >= 11 is 0. The molecule has 11 heavy (non-hydrogen) atoms. The molecule has 1 atom stereocenters. The maximum atomic E-state index is 10.5. The molecule has 1 unspecified atom stereocenters. The van der Waals surface area contributed by atoms with Crippen LogP contribution in [0.3, 0.4) is 0 Å². The Hall–Kier alpha value is -1.36. The van der Waals surface area contributed by atoms with Crippen molar-refractivity contribution >= 4 is 11.9 Å². The molecule has 0 aliphatic carbocycles. The van der Waals surface area contributed by atoms with Gasteiger partial charge in [0.15, 0.2) is 0 Å². The van der Waals surface area contributed by atoms with Crippen LogP contribution in [0.2, 0.25) is 0 Å². The second-order valence-electron chi connectivity index (χ2n) is 1.75. The lowest BCUT2D eigenvalue weighted by atomic mass is 10.4. The lowest BCUT2D eigenvalue weighted by Crippen LogP contribution is -2.39. The van der Waals surface area contributed by atoms with E-state index in [1.807, 2.05) is 5.32 Å². The minimum absolute atomic E-state index is 0.637. The van der Waals surface area contributed by atoms with E-state index in [0.29, 0.717) is 0 Å².